The van der Waals surface area contributed by atoms with Crippen LogP contribution in [0.4, 0.5) is 6.01 Å². The van der Waals surface area contributed by atoms with Gasteiger partial charge in [-0.15, -0.1) is 5.10 Å². The number of anilines is 1. The summed E-state index contributed by atoms with van der Waals surface area (Å²) < 4.78 is 6.33. The first kappa shape index (κ1) is 16.4. The van der Waals surface area contributed by atoms with E-state index in [1.165, 1.54) is 6.08 Å². The first-order chi connectivity index (χ1) is 11.6. The standard InChI is InChI=1S/C17H11BrClN3O2/c18-13-6-3-5-12(10-13)16-21-22-17(24-16)20-15(23)9-8-11-4-1-2-7-14(11)19/h1-10H,(H,20,22,23). The molecule has 120 valence electrons. The van der Waals surface area contributed by atoms with Crippen molar-refractivity contribution in [3.05, 3.63) is 69.7 Å². The van der Waals surface area contributed by atoms with E-state index >= 15 is 0 Å². The Bertz CT molecular complexity index is 908. The molecule has 0 fully saturated rings. The van der Waals surface area contributed by atoms with Gasteiger partial charge in [-0.25, -0.2) is 0 Å². The van der Waals surface area contributed by atoms with Crippen molar-refractivity contribution in [2.24, 2.45) is 0 Å². The second kappa shape index (κ2) is 7.42. The van der Waals surface area contributed by atoms with Crippen molar-refractivity contribution in [2.75, 3.05) is 5.32 Å². The van der Waals surface area contributed by atoms with E-state index in [1.807, 2.05) is 42.5 Å². The summed E-state index contributed by atoms with van der Waals surface area (Å²) in [4.78, 5) is 11.9. The molecule has 0 aliphatic heterocycles. The zero-order chi connectivity index (χ0) is 16.9. The number of nitrogens with one attached hydrogen (secondary N) is 1. The van der Waals surface area contributed by atoms with Crippen LogP contribution in [0.15, 0.2) is 63.5 Å². The van der Waals surface area contributed by atoms with Crippen LogP contribution in [0.5, 0.6) is 0 Å². The number of rotatable bonds is 4. The second-order valence-electron chi connectivity index (χ2n) is 4.77. The van der Waals surface area contributed by atoms with Gasteiger partial charge in [0.25, 0.3) is 5.91 Å². The van der Waals surface area contributed by atoms with E-state index < -0.39 is 0 Å². The molecule has 0 bridgehead atoms. The lowest BCUT2D eigenvalue weighted by atomic mass is 10.2. The fraction of sp³-hybridized carbons (Fsp3) is 0. The monoisotopic (exact) mass is 403 g/mol. The Labute approximate surface area is 151 Å². The van der Waals surface area contributed by atoms with Crippen molar-refractivity contribution in [1.82, 2.24) is 10.2 Å². The van der Waals surface area contributed by atoms with Crippen LogP contribution >= 0.6 is 27.5 Å². The third-order valence-corrected chi connectivity index (χ3v) is 3.88. The van der Waals surface area contributed by atoms with Crippen molar-refractivity contribution >= 4 is 45.5 Å². The molecule has 0 unspecified atom stereocenters. The maximum Gasteiger partial charge on any atom is 0.322 e. The van der Waals surface area contributed by atoms with Crippen LogP contribution in [-0.4, -0.2) is 16.1 Å². The van der Waals surface area contributed by atoms with Gasteiger partial charge in [0, 0.05) is 21.1 Å². The van der Waals surface area contributed by atoms with Crippen molar-refractivity contribution in [1.29, 1.82) is 0 Å². The Balaban J connectivity index is 1.68. The molecule has 3 rings (SSSR count). The highest BCUT2D eigenvalue weighted by Gasteiger charge is 2.10. The number of halogens is 2. The van der Waals surface area contributed by atoms with E-state index in [0.29, 0.717) is 10.9 Å². The highest BCUT2D eigenvalue weighted by atomic mass is 79.9. The lowest BCUT2D eigenvalue weighted by molar-refractivity contribution is -0.112. The van der Waals surface area contributed by atoms with Gasteiger partial charge in [-0.05, 0) is 35.9 Å². The fourth-order valence-corrected chi connectivity index (χ4v) is 2.53. The molecule has 1 heterocycles. The maximum atomic E-state index is 11.9. The minimum absolute atomic E-state index is 0.0267. The number of carbonyl (C=O) groups excluding carboxylic acids is 1. The lowest BCUT2D eigenvalue weighted by Crippen LogP contribution is -2.07. The van der Waals surface area contributed by atoms with Gasteiger partial charge in [0.05, 0.1) is 0 Å². The Morgan fingerprint density at radius 2 is 2.00 bits per heavy atom. The van der Waals surface area contributed by atoms with Gasteiger partial charge in [0.1, 0.15) is 0 Å². The molecule has 1 aromatic heterocycles. The molecule has 5 nitrogen and oxygen atoms in total. The smallest absolute Gasteiger partial charge is 0.322 e. The summed E-state index contributed by atoms with van der Waals surface area (Å²) in [6, 6.07) is 14.7. The molecule has 24 heavy (non-hydrogen) atoms. The summed E-state index contributed by atoms with van der Waals surface area (Å²) >= 11 is 9.40. The van der Waals surface area contributed by atoms with Gasteiger partial charge >= 0.3 is 6.01 Å². The molecular formula is C17H11BrClN3O2. The van der Waals surface area contributed by atoms with Gasteiger partial charge in [0.2, 0.25) is 5.89 Å². The van der Waals surface area contributed by atoms with Crippen LogP contribution in [0.25, 0.3) is 17.5 Å². The van der Waals surface area contributed by atoms with Gasteiger partial charge < -0.3 is 4.42 Å². The second-order valence-corrected chi connectivity index (χ2v) is 6.09. The maximum absolute atomic E-state index is 11.9. The highest BCUT2D eigenvalue weighted by Crippen LogP contribution is 2.23. The van der Waals surface area contributed by atoms with Crippen LogP contribution in [0.1, 0.15) is 5.56 Å². The van der Waals surface area contributed by atoms with Crippen molar-refractivity contribution in [2.45, 2.75) is 0 Å². The predicted molar refractivity (Wildman–Crippen MR) is 96.5 cm³/mol. The Morgan fingerprint density at radius 3 is 2.79 bits per heavy atom. The number of carbonyl (C=O) groups is 1. The van der Waals surface area contributed by atoms with E-state index in [1.54, 1.807) is 12.1 Å². The van der Waals surface area contributed by atoms with Crippen LogP contribution < -0.4 is 5.32 Å². The zero-order valence-corrected chi connectivity index (χ0v) is 14.6. The molecule has 1 N–H and O–H groups in total. The summed E-state index contributed by atoms with van der Waals surface area (Å²) in [7, 11) is 0. The van der Waals surface area contributed by atoms with Gasteiger partial charge in [-0.1, -0.05) is 56.9 Å². The van der Waals surface area contributed by atoms with E-state index in [2.05, 4.69) is 31.4 Å². The average molecular weight is 405 g/mol. The van der Waals surface area contributed by atoms with Gasteiger partial charge in [-0.2, -0.15) is 0 Å². The van der Waals surface area contributed by atoms with Crippen molar-refractivity contribution in [3.63, 3.8) is 0 Å². The van der Waals surface area contributed by atoms with Crippen LogP contribution in [0.2, 0.25) is 5.02 Å². The summed E-state index contributed by atoms with van der Waals surface area (Å²) in [6.45, 7) is 0. The van der Waals surface area contributed by atoms with Crippen LogP contribution in [0.3, 0.4) is 0 Å². The van der Waals surface area contributed by atoms with Gasteiger partial charge in [0.15, 0.2) is 0 Å². The average Bonchev–Trinajstić information content (AvgIpc) is 3.02. The van der Waals surface area contributed by atoms with E-state index in [0.717, 1.165) is 15.6 Å². The molecule has 0 saturated heterocycles. The molecule has 0 spiro atoms. The molecule has 0 aliphatic carbocycles. The molecule has 3 aromatic rings. The number of nitrogens with zero attached hydrogens (tertiary/aromatic N) is 2. The number of amides is 1. The molecule has 0 radical (unpaired) electrons. The summed E-state index contributed by atoms with van der Waals surface area (Å²) in [5, 5.41) is 10.8. The topological polar surface area (TPSA) is 68.0 Å². The van der Waals surface area contributed by atoms with Gasteiger partial charge in [-0.3, -0.25) is 10.1 Å². The van der Waals surface area contributed by atoms with Crippen LogP contribution in [-0.2, 0) is 4.79 Å². The third-order valence-electron chi connectivity index (χ3n) is 3.05. The SMILES string of the molecule is O=C(C=Cc1ccccc1Cl)Nc1nnc(-c2cccc(Br)c2)o1. The lowest BCUT2D eigenvalue weighted by Gasteiger charge is -1.97. The van der Waals surface area contributed by atoms with Crippen molar-refractivity contribution in [3.8, 4) is 11.5 Å². The largest absolute Gasteiger partial charge is 0.403 e. The van der Waals surface area contributed by atoms with Crippen LogP contribution in [0, 0.1) is 0 Å². The first-order valence-electron chi connectivity index (χ1n) is 6.95. The summed E-state index contributed by atoms with van der Waals surface area (Å²) in [5.74, 6) is -0.0685. The number of hydrogen-bond acceptors (Lipinski definition) is 4. The number of hydrogen-bond donors (Lipinski definition) is 1. The minimum atomic E-state index is -0.389. The number of aromatic nitrogens is 2. The molecule has 1 amide bonds. The molecule has 0 atom stereocenters. The Morgan fingerprint density at radius 1 is 1.17 bits per heavy atom. The molecule has 0 aliphatic rings. The zero-order valence-electron chi connectivity index (χ0n) is 12.2. The van der Waals surface area contributed by atoms with E-state index in [-0.39, 0.29) is 11.9 Å². The fourth-order valence-electron chi connectivity index (χ4n) is 1.93. The molecule has 0 saturated carbocycles. The van der Waals surface area contributed by atoms with E-state index in [9.17, 15) is 4.79 Å². The third kappa shape index (κ3) is 4.10. The Hall–Kier alpha value is -2.44. The highest BCUT2D eigenvalue weighted by molar-refractivity contribution is 9.10. The summed E-state index contributed by atoms with van der Waals surface area (Å²) in [6.07, 6.45) is 2.97. The molecule has 7 heteroatoms. The van der Waals surface area contributed by atoms with Crippen molar-refractivity contribution < 1.29 is 9.21 Å². The predicted octanol–water partition coefficient (Wildman–Crippen LogP) is 4.80. The van der Waals surface area contributed by atoms with E-state index in [4.69, 9.17) is 16.0 Å². The molecular weight excluding hydrogens is 394 g/mol. The normalized spacial score (nSPS) is 10.9. The first-order valence-corrected chi connectivity index (χ1v) is 8.12. The number of benzene rings is 2. The molecule has 2 aromatic carbocycles. The minimum Gasteiger partial charge on any atom is -0.403 e. The Kier molecular flexibility index (Phi) is 5.08. The quantitative estimate of drug-likeness (QED) is 0.634. The summed E-state index contributed by atoms with van der Waals surface area (Å²) in [5.41, 5.74) is 1.50.